The molecule has 1 unspecified atom stereocenters. The van der Waals surface area contributed by atoms with Gasteiger partial charge in [-0.2, -0.15) is 4.31 Å². The van der Waals surface area contributed by atoms with E-state index in [-0.39, 0.29) is 11.6 Å². The summed E-state index contributed by atoms with van der Waals surface area (Å²) in [5.41, 5.74) is -0.952. The van der Waals surface area contributed by atoms with E-state index >= 15 is 0 Å². The lowest BCUT2D eigenvalue weighted by Gasteiger charge is -2.35. The fourth-order valence-electron chi connectivity index (χ4n) is 2.58. The minimum atomic E-state index is -3.61. The number of aryl methyl sites for hydroxylation is 2. The molecule has 0 radical (unpaired) electrons. The van der Waals surface area contributed by atoms with E-state index in [1.54, 1.807) is 20.0 Å². The van der Waals surface area contributed by atoms with Gasteiger partial charge in [0.05, 0.1) is 5.60 Å². The Balaban J connectivity index is 2.28. The van der Waals surface area contributed by atoms with Gasteiger partial charge in [0.1, 0.15) is 5.82 Å². The molecule has 0 amide bonds. The van der Waals surface area contributed by atoms with Crippen LogP contribution < -0.4 is 0 Å². The number of β-amino-alcohol motifs (C(OH)–C–C–N with tert-alkyl or cyclic N) is 1. The van der Waals surface area contributed by atoms with Crippen LogP contribution in [0.3, 0.4) is 0 Å². The van der Waals surface area contributed by atoms with Gasteiger partial charge in [-0.25, -0.2) is 13.4 Å². The van der Waals surface area contributed by atoms with Crippen molar-refractivity contribution >= 4 is 10.0 Å². The van der Waals surface area contributed by atoms with Crippen LogP contribution in [0, 0.1) is 6.92 Å². The van der Waals surface area contributed by atoms with Crippen LogP contribution in [0.1, 0.15) is 38.9 Å². The average Bonchev–Trinajstić information content (AvgIpc) is 2.71. The van der Waals surface area contributed by atoms with E-state index in [1.807, 2.05) is 11.5 Å². The van der Waals surface area contributed by atoms with Gasteiger partial charge < -0.3 is 9.67 Å². The normalized spacial score (nSPS) is 25.0. The van der Waals surface area contributed by atoms with Gasteiger partial charge in [-0.15, -0.1) is 0 Å². The molecule has 6 nitrogen and oxygen atoms in total. The molecule has 1 N–H and O–H groups in total. The first-order chi connectivity index (χ1) is 9.26. The zero-order chi connectivity index (χ0) is 15.0. The van der Waals surface area contributed by atoms with Crippen molar-refractivity contribution in [2.24, 2.45) is 0 Å². The van der Waals surface area contributed by atoms with Gasteiger partial charge in [-0.05, 0) is 33.1 Å². The lowest BCUT2D eigenvalue weighted by Crippen LogP contribution is -2.48. The van der Waals surface area contributed by atoms with Crippen molar-refractivity contribution in [2.75, 3.05) is 13.1 Å². The van der Waals surface area contributed by atoms with Crippen LogP contribution in [0.5, 0.6) is 0 Å². The molecular formula is C13H23N3O3S. The lowest BCUT2D eigenvalue weighted by molar-refractivity contribution is 0.00934. The molecular weight excluding hydrogens is 278 g/mol. The van der Waals surface area contributed by atoms with Crippen molar-refractivity contribution in [1.29, 1.82) is 0 Å². The number of hydrogen-bond donors (Lipinski definition) is 1. The predicted octanol–water partition coefficient (Wildman–Crippen LogP) is 1.14. The Morgan fingerprint density at radius 1 is 1.50 bits per heavy atom. The number of aliphatic hydroxyl groups is 1. The van der Waals surface area contributed by atoms with E-state index in [0.29, 0.717) is 25.2 Å². The molecule has 1 aromatic heterocycles. The minimum absolute atomic E-state index is 0.0844. The highest BCUT2D eigenvalue weighted by Crippen LogP contribution is 2.25. The Bertz CT molecular complexity index is 578. The summed E-state index contributed by atoms with van der Waals surface area (Å²) in [5.74, 6) is 0.703. The van der Waals surface area contributed by atoms with Crippen molar-refractivity contribution in [1.82, 2.24) is 13.9 Å². The molecule has 0 spiro atoms. The molecule has 1 atom stereocenters. The van der Waals surface area contributed by atoms with Crippen LogP contribution in [0.2, 0.25) is 0 Å². The van der Waals surface area contributed by atoms with E-state index in [2.05, 4.69) is 4.98 Å². The molecule has 1 saturated heterocycles. The molecule has 1 aliphatic rings. The molecule has 0 aliphatic carbocycles. The van der Waals surface area contributed by atoms with Crippen LogP contribution in [-0.2, 0) is 16.6 Å². The van der Waals surface area contributed by atoms with Gasteiger partial charge in [0.2, 0.25) is 0 Å². The molecule has 2 rings (SSSR count). The van der Waals surface area contributed by atoms with Crippen molar-refractivity contribution < 1.29 is 13.5 Å². The zero-order valence-corrected chi connectivity index (χ0v) is 13.2. The Morgan fingerprint density at radius 3 is 2.80 bits per heavy atom. The van der Waals surface area contributed by atoms with Crippen LogP contribution >= 0.6 is 0 Å². The standard InChI is InChI=1S/C13H23N3O3S/c1-4-7-15-9-12(14-11(15)2)20(18,19)16-8-5-6-13(3,17)10-16/h9,17H,4-8,10H2,1-3H3. The molecule has 1 aliphatic heterocycles. The largest absolute Gasteiger partial charge is 0.389 e. The van der Waals surface area contributed by atoms with Crippen molar-refractivity contribution in [3.8, 4) is 0 Å². The lowest BCUT2D eigenvalue weighted by atomic mass is 9.97. The number of imidazole rings is 1. The zero-order valence-electron chi connectivity index (χ0n) is 12.3. The Morgan fingerprint density at radius 2 is 2.20 bits per heavy atom. The van der Waals surface area contributed by atoms with Crippen LogP contribution in [0.15, 0.2) is 11.2 Å². The Hall–Kier alpha value is -0.920. The maximum Gasteiger partial charge on any atom is 0.262 e. The summed E-state index contributed by atoms with van der Waals surface area (Å²) in [5, 5.41) is 10.2. The molecule has 1 aromatic rings. The molecule has 0 bridgehead atoms. The molecule has 0 aromatic carbocycles. The van der Waals surface area contributed by atoms with Gasteiger partial charge in [0.25, 0.3) is 10.0 Å². The maximum atomic E-state index is 12.6. The summed E-state index contributed by atoms with van der Waals surface area (Å²) < 4.78 is 28.4. The number of nitrogens with zero attached hydrogens (tertiary/aromatic N) is 3. The first-order valence-electron chi connectivity index (χ1n) is 7.02. The Kier molecular flexibility index (Phi) is 4.22. The van der Waals surface area contributed by atoms with E-state index in [9.17, 15) is 13.5 Å². The van der Waals surface area contributed by atoms with Gasteiger partial charge in [-0.1, -0.05) is 6.92 Å². The van der Waals surface area contributed by atoms with Crippen LogP contribution in [0.4, 0.5) is 0 Å². The number of hydrogen-bond acceptors (Lipinski definition) is 4. The van der Waals surface area contributed by atoms with Gasteiger partial charge in [-0.3, -0.25) is 0 Å². The number of rotatable bonds is 4. The minimum Gasteiger partial charge on any atom is -0.389 e. The summed E-state index contributed by atoms with van der Waals surface area (Å²) in [6, 6.07) is 0. The third-order valence-corrected chi connectivity index (χ3v) is 5.38. The molecule has 2 heterocycles. The van der Waals surface area contributed by atoms with E-state index in [4.69, 9.17) is 0 Å². The summed E-state index contributed by atoms with van der Waals surface area (Å²) in [4.78, 5) is 4.18. The van der Waals surface area contributed by atoms with E-state index in [0.717, 1.165) is 13.0 Å². The van der Waals surface area contributed by atoms with Gasteiger partial charge in [0.15, 0.2) is 5.03 Å². The fraction of sp³-hybridized carbons (Fsp3) is 0.769. The number of aromatic nitrogens is 2. The molecule has 20 heavy (non-hydrogen) atoms. The quantitative estimate of drug-likeness (QED) is 0.905. The summed E-state index contributed by atoms with van der Waals surface area (Å²) in [7, 11) is -3.61. The monoisotopic (exact) mass is 301 g/mol. The van der Waals surface area contributed by atoms with Crippen molar-refractivity contribution in [3.05, 3.63) is 12.0 Å². The smallest absolute Gasteiger partial charge is 0.262 e. The van der Waals surface area contributed by atoms with E-state index in [1.165, 1.54) is 4.31 Å². The topological polar surface area (TPSA) is 75.4 Å². The van der Waals surface area contributed by atoms with E-state index < -0.39 is 15.6 Å². The highest BCUT2D eigenvalue weighted by molar-refractivity contribution is 7.89. The molecule has 7 heteroatoms. The first-order valence-corrected chi connectivity index (χ1v) is 8.46. The third-order valence-electron chi connectivity index (χ3n) is 3.66. The second-order valence-electron chi connectivity index (χ2n) is 5.76. The summed E-state index contributed by atoms with van der Waals surface area (Å²) in [6.45, 7) is 6.85. The molecule has 114 valence electrons. The summed E-state index contributed by atoms with van der Waals surface area (Å²) in [6.07, 6.45) is 3.82. The SMILES string of the molecule is CCCn1cc(S(=O)(=O)N2CCCC(C)(O)C2)nc1C. The second kappa shape index (κ2) is 5.46. The average molecular weight is 301 g/mol. The third kappa shape index (κ3) is 3.05. The number of piperidine rings is 1. The Labute approximate surface area is 120 Å². The van der Waals surface area contributed by atoms with Crippen molar-refractivity contribution in [2.45, 2.75) is 57.2 Å². The van der Waals surface area contributed by atoms with Gasteiger partial charge in [0, 0.05) is 25.8 Å². The predicted molar refractivity (Wildman–Crippen MR) is 75.9 cm³/mol. The first kappa shape index (κ1) is 15.5. The fourth-order valence-corrected chi connectivity index (χ4v) is 4.17. The van der Waals surface area contributed by atoms with Crippen LogP contribution in [0.25, 0.3) is 0 Å². The highest BCUT2D eigenvalue weighted by Gasteiger charge is 2.36. The molecule has 1 fully saturated rings. The molecule has 0 saturated carbocycles. The van der Waals surface area contributed by atoms with Crippen LogP contribution in [-0.4, -0.2) is 46.1 Å². The van der Waals surface area contributed by atoms with Crippen molar-refractivity contribution in [3.63, 3.8) is 0 Å². The maximum absolute atomic E-state index is 12.6. The van der Waals surface area contributed by atoms with Gasteiger partial charge >= 0.3 is 0 Å². The summed E-state index contributed by atoms with van der Waals surface area (Å²) >= 11 is 0. The second-order valence-corrected chi connectivity index (χ2v) is 7.64. The number of sulfonamides is 1. The highest BCUT2D eigenvalue weighted by atomic mass is 32.2.